The van der Waals surface area contributed by atoms with Crippen LogP contribution in [0.15, 0.2) is 42.5 Å². The monoisotopic (exact) mass is 445 g/mol. The summed E-state index contributed by atoms with van der Waals surface area (Å²) in [5, 5.41) is 0. The Kier molecular flexibility index (Phi) is 5.77. The first-order valence-corrected chi connectivity index (χ1v) is 12.7. The van der Waals surface area contributed by atoms with Crippen molar-refractivity contribution in [3.05, 3.63) is 70.3 Å². The van der Waals surface area contributed by atoms with Crippen LogP contribution in [0.4, 0.5) is 0 Å². The zero-order valence-electron chi connectivity index (χ0n) is 21.0. The number of ketones is 1. The number of nitrogens with zero attached hydrogens (tertiary/aromatic N) is 1. The van der Waals surface area contributed by atoms with Crippen molar-refractivity contribution in [2.45, 2.75) is 89.8 Å². The van der Waals surface area contributed by atoms with E-state index in [0.29, 0.717) is 17.9 Å². The smallest absolute Gasteiger partial charge is 0.166 e. The van der Waals surface area contributed by atoms with Gasteiger partial charge in [-0.1, -0.05) is 64.1 Å². The van der Waals surface area contributed by atoms with E-state index in [9.17, 15) is 4.79 Å². The fraction of sp³-hybridized carbons (Fsp3) is 0.567. The maximum Gasteiger partial charge on any atom is 0.166 e. The van der Waals surface area contributed by atoms with Crippen LogP contribution in [0.25, 0.3) is 0 Å². The van der Waals surface area contributed by atoms with Gasteiger partial charge < -0.3 is 4.74 Å². The normalized spacial score (nSPS) is 28.2. The van der Waals surface area contributed by atoms with Crippen LogP contribution in [0.2, 0.25) is 0 Å². The molecule has 0 amide bonds. The van der Waals surface area contributed by atoms with Gasteiger partial charge in [0.05, 0.1) is 13.2 Å². The summed E-state index contributed by atoms with van der Waals surface area (Å²) in [7, 11) is 0. The third-order valence-electron chi connectivity index (χ3n) is 8.71. The van der Waals surface area contributed by atoms with E-state index in [1.165, 1.54) is 29.5 Å². The van der Waals surface area contributed by atoms with Crippen LogP contribution in [0, 0.1) is 12.8 Å². The minimum absolute atomic E-state index is 0.0902. The summed E-state index contributed by atoms with van der Waals surface area (Å²) in [5.74, 6) is 0.443. The number of fused-ring (bicyclic) bond motifs is 3. The van der Waals surface area contributed by atoms with E-state index in [0.717, 1.165) is 43.7 Å². The molecule has 176 valence electrons. The van der Waals surface area contributed by atoms with Crippen molar-refractivity contribution < 1.29 is 9.53 Å². The fourth-order valence-corrected chi connectivity index (χ4v) is 6.46. The van der Waals surface area contributed by atoms with Gasteiger partial charge in [-0.3, -0.25) is 9.69 Å². The molecule has 0 spiro atoms. The van der Waals surface area contributed by atoms with Crippen LogP contribution in [0.3, 0.4) is 0 Å². The highest BCUT2D eigenvalue weighted by Crippen LogP contribution is 2.47. The minimum atomic E-state index is 0.0902. The first-order valence-electron chi connectivity index (χ1n) is 12.7. The van der Waals surface area contributed by atoms with Crippen molar-refractivity contribution in [3.8, 4) is 0 Å². The maximum absolute atomic E-state index is 13.9. The van der Waals surface area contributed by atoms with Gasteiger partial charge in [0.2, 0.25) is 0 Å². The zero-order chi connectivity index (χ0) is 23.4. The standard InChI is InChI=1S/C30H39NO2/c1-20-13-26-27(30(4,5)12-11-29(26,2)3)16-25(20)28(32)22-14-23-18-33-19-24(15-22)31(23)17-21-9-7-6-8-10-21/h6-10,13,16,22-24H,11-12,14-15,17-19H2,1-5H3. The Hall–Kier alpha value is -1.97. The number of carbonyl (C=O) groups excluding carboxylic acids is 1. The van der Waals surface area contributed by atoms with Gasteiger partial charge in [-0.25, -0.2) is 0 Å². The molecule has 2 aliphatic heterocycles. The summed E-state index contributed by atoms with van der Waals surface area (Å²) in [6, 6.07) is 15.9. The zero-order valence-corrected chi connectivity index (χ0v) is 21.0. The van der Waals surface area contributed by atoms with Crippen LogP contribution in [0.5, 0.6) is 0 Å². The Labute approximate surface area is 199 Å². The van der Waals surface area contributed by atoms with E-state index in [1.807, 2.05) is 0 Å². The number of hydrogen-bond acceptors (Lipinski definition) is 3. The first-order chi connectivity index (χ1) is 15.7. The molecular formula is C30H39NO2. The maximum atomic E-state index is 13.9. The second-order valence-electron chi connectivity index (χ2n) is 12.0. The molecule has 2 fully saturated rings. The highest BCUT2D eigenvalue weighted by Gasteiger charge is 2.43. The molecule has 2 aromatic carbocycles. The number of ether oxygens (including phenoxy) is 1. The van der Waals surface area contributed by atoms with Crippen LogP contribution in [0.1, 0.15) is 86.0 Å². The molecule has 3 nitrogen and oxygen atoms in total. The van der Waals surface area contributed by atoms with Crippen LogP contribution < -0.4 is 0 Å². The summed E-state index contributed by atoms with van der Waals surface area (Å²) in [6.07, 6.45) is 4.16. The van der Waals surface area contributed by atoms with E-state index in [4.69, 9.17) is 4.74 Å². The van der Waals surface area contributed by atoms with Crippen LogP contribution >= 0.6 is 0 Å². The summed E-state index contributed by atoms with van der Waals surface area (Å²) >= 11 is 0. The Morgan fingerprint density at radius 2 is 1.52 bits per heavy atom. The lowest BCUT2D eigenvalue weighted by Crippen LogP contribution is -2.57. The van der Waals surface area contributed by atoms with E-state index >= 15 is 0 Å². The molecule has 2 heterocycles. The number of carbonyl (C=O) groups is 1. The summed E-state index contributed by atoms with van der Waals surface area (Å²) < 4.78 is 5.93. The third kappa shape index (κ3) is 4.19. The molecule has 5 rings (SSSR count). The average Bonchev–Trinajstić information content (AvgIpc) is 2.77. The topological polar surface area (TPSA) is 29.5 Å². The molecule has 2 atom stereocenters. The highest BCUT2D eigenvalue weighted by atomic mass is 16.5. The van der Waals surface area contributed by atoms with Crippen molar-refractivity contribution in [2.75, 3.05) is 13.2 Å². The van der Waals surface area contributed by atoms with Gasteiger partial charge >= 0.3 is 0 Å². The minimum Gasteiger partial charge on any atom is -0.378 e. The average molecular weight is 446 g/mol. The van der Waals surface area contributed by atoms with Gasteiger partial charge in [0.15, 0.2) is 5.78 Å². The van der Waals surface area contributed by atoms with Crippen LogP contribution in [-0.2, 0) is 22.1 Å². The predicted molar refractivity (Wildman–Crippen MR) is 134 cm³/mol. The molecule has 0 saturated carbocycles. The largest absolute Gasteiger partial charge is 0.378 e. The van der Waals surface area contributed by atoms with Gasteiger partial charge in [0.1, 0.15) is 0 Å². The lowest BCUT2D eigenvalue weighted by Gasteiger charge is -2.48. The number of morpholine rings is 1. The summed E-state index contributed by atoms with van der Waals surface area (Å²) in [5.41, 5.74) is 6.58. The number of Topliss-reactive ketones (excluding diaryl/α,β-unsaturated/α-hetero) is 1. The number of rotatable bonds is 4. The van der Waals surface area contributed by atoms with Crippen molar-refractivity contribution in [3.63, 3.8) is 0 Å². The molecule has 0 N–H and O–H groups in total. The molecule has 2 unspecified atom stereocenters. The lowest BCUT2D eigenvalue weighted by atomic mass is 9.62. The van der Waals surface area contributed by atoms with E-state index in [1.54, 1.807) is 0 Å². The summed E-state index contributed by atoms with van der Waals surface area (Å²) in [4.78, 5) is 16.5. The molecule has 33 heavy (non-hydrogen) atoms. The molecule has 2 aromatic rings. The van der Waals surface area contributed by atoms with Crippen molar-refractivity contribution in [2.24, 2.45) is 5.92 Å². The van der Waals surface area contributed by atoms with Crippen LogP contribution in [-0.4, -0.2) is 36.0 Å². The number of piperidine rings is 1. The van der Waals surface area contributed by atoms with Crippen molar-refractivity contribution in [1.82, 2.24) is 4.90 Å². The van der Waals surface area contributed by atoms with Gasteiger partial charge in [-0.15, -0.1) is 0 Å². The summed E-state index contributed by atoms with van der Waals surface area (Å²) in [6.45, 7) is 13.9. The molecule has 2 saturated heterocycles. The Morgan fingerprint density at radius 1 is 0.939 bits per heavy atom. The molecule has 0 radical (unpaired) electrons. The first kappa shape index (κ1) is 22.8. The molecule has 3 heteroatoms. The Balaban J connectivity index is 1.41. The van der Waals surface area contributed by atoms with Gasteiger partial charge in [-0.05, 0) is 71.8 Å². The van der Waals surface area contributed by atoms with Gasteiger partial charge in [0.25, 0.3) is 0 Å². The number of aryl methyl sites for hydroxylation is 1. The van der Waals surface area contributed by atoms with Gasteiger partial charge in [0, 0.05) is 30.1 Å². The predicted octanol–water partition coefficient (Wildman–Crippen LogP) is 6.21. The lowest BCUT2D eigenvalue weighted by molar-refractivity contribution is -0.0872. The van der Waals surface area contributed by atoms with E-state index < -0.39 is 0 Å². The van der Waals surface area contributed by atoms with Gasteiger partial charge in [-0.2, -0.15) is 0 Å². The third-order valence-corrected chi connectivity index (χ3v) is 8.71. The molecule has 3 aliphatic rings. The number of hydrogen-bond donors (Lipinski definition) is 0. The van der Waals surface area contributed by atoms with E-state index in [2.05, 4.69) is 82.0 Å². The number of benzene rings is 2. The quantitative estimate of drug-likeness (QED) is 0.524. The highest BCUT2D eigenvalue weighted by molar-refractivity contribution is 5.99. The fourth-order valence-electron chi connectivity index (χ4n) is 6.46. The molecule has 1 aliphatic carbocycles. The van der Waals surface area contributed by atoms with Crippen molar-refractivity contribution >= 4 is 5.78 Å². The SMILES string of the molecule is Cc1cc2c(cc1C(=O)C1CC3COCC(C1)N3Cc1ccccc1)C(C)(C)CCC2(C)C. The second-order valence-corrected chi connectivity index (χ2v) is 12.0. The Bertz CT molecular complexity index is 1020. The molecular weight excluding hydrogens is 406 g/mol. The van der Waals surface area contributed by atoms with Crippen molar-refractivity contribution in [1.29, 1.82) is 0 Å². The second kappa shape index (κ2) is 8.36. The molecule has 2 bridgehead atoms. The Morgan fingerprint density at radius 3 is 2.12 bits per heavy atom. The molecule has 0 aromatic heterocycles. The van der Waals surface area contributed by atoms with E-state index in [-0.39, 0.29) is 16.7 Å².